The van der Waals surface area contributed by atoms with Crippen molar-refractivity contribution in [2.75, 3.05) is 19.1 Å². The number of Topliss-reactive ketones (excluding diaryl/α,β-unsaturated/α-hetero) is 3. The van der Waals surface area contributed by atoms with Crippen molar-refractivity contribution in [1.82, 2.24) is 0 Å². The number of hydrogen-bond donors (Lipinski definition) is 0. The van der Waals surface area contributed by atoms with Crippen LogP contribution in [0.15, 0.2) is 97.1 Å². The molecule has 3 atom stereocenters. The first-order valence-corrected chi connectivity index (χ1v) is 14.6. The average molecular weight is 600 g/mol. The molecule has 4 aromatic carbocycles. The van der Waals surface area contributed by atoms with Crippen molar-refractivity contribution in [2.24, 2.45) is 5.41 Å². The molecular weight excluding hydrogens is 570 g/mol. The van der Waals surface area contributed by atoms with Gasteiger partial charge in [-0.2, -0.15) is 0 Å². The Morgan fingerprint density at radius 1 is 0.778 bits per heavy atom. The number of hydrogen-bond acceptors (Lipinski definition) is 8. The van der Waals surface area contributed by atoms with Gasteiger partial charge in [0.25, 0.3) is 0 Å². The number of fused-ring (bicyclic) bond motifs is 5. The quantitative estimate of drug-likeness (QED) is 0.116. The van der Waals surface area contributed by atoms with E-state index in [0.717, 1.165) is 0 Å². The molecule has 0 aromatic heterocycles. The monoisotopic (exact) mass is 599 g/mol. The minimum absolute atomic E-state index is 0.230. The number of rotatable bonds is 6. The zero-order valence-electron chi connectivity index (χ0n) is 24.9. The van der Waals surface area contributed by atoms with Crippen LogP contribution in [0.3, 0.4) is 0 Å². The average Bonchev–Trinajstić information content (AvgIpc) is 3.49. The summed E-state index contributed by atoms with van der Waals surface area (Å²) in [5, 5.41) is 0. The fourth-order valence-corrected chi connectivity index (χ4v) is 7.41. The first-order valence-electron chi connectivity index (χ1n) is 14.6. The molecule has 0 N–H and O–H groups in total. The summed E-state index contributed by atoms with van der Waals surface area (Å²) in [5.41, 5.74) is 0.922. The smallest absolute Gasteiger partial charge is 0.308 e. The van der Waals surface area contributed by atoms with Crippen molar-refractivity contribution in [2.45, 2.75) is 24.9 Å². The summed E-state index contributed by atoms with van der Waals surface area (Å²) in [7, 11) is 3.04. The maximum absolute atomic E-state index is 14.9. The zero-order valence-corrected chi connectivity index (χ0v) is 24.9. The highest BCUT2D eigenvalue weighted by Crippen LogP contribution is 2.63. The highest BCUT2D eigenvalue weighted by atomic mass is 16.5. The lowest BCUT2D eigenvalue weighted by Gasteiger charge is -2.37. The Morgan fingerprint density at radius 2 is 1.47 bits per heavy atom. The normalized spacial score (nSPS) is 20.4. The summed E-state index contributed by atoms with van der Waals surface area (Å²) in [6.07, 6.45) is 3.65. The number of nitrogens with zero attached hydrogens (tertiary/aromatic N) is 1. The number of para-hydroxylation sites is 1. The van der Waals surface area contributed by atoms with Crippen LogP contribution in [0, 0.1) is 5.41 Å². The molecule has 8 heteroatoms. The molecule has 1 spiro atoms. The molecule has 0 bridgehead atoms. The van der Waals surface area contributed by atoms with Crippen LogP contribution in [0.4, 0.5) is 5.69 Å². The first-order chi connectivity index (χ1) is 21.8. The van der Waals surface area contributed by atoms with Crippen LogP contribution in [0.5, 0.6) is 17.2 Å². The molecule has 1 fully saturated rings. The van der Waals surface area contributed by atoms with Crippen LogP contribution in [0.25, 0.3) is 6.08 Å². The van der Waals surface area contributed by atoms with Gasteiger partial charge in [-0.1, -0.05) is 84.9 Å². The molecule has 1 saturated heterocycles. The molecule has 0 amide bonds. The van der Waals surface area contributed by atoms with Gasteiger partial charge < -0.3 is 19.1 Å². The van der Waals surface area contributed by atoms with Gasteiger partial charge in [0.15, 0.2) is 23.1 Å². The lowest BCUT2D eigenvalue weighted by Crippen LogP contribution is -2.48. The van der Waals surface area contributed by atoms with Gasteiger partial charge in [0.1, 0.15) is 23.0 Å². The maximum Gasteiger partial charge on any atom is 0.308 e. The summed E-state index contributed by atoms with van der Waals surface area (Å²) in [6.45, 7) is 1.30. The number of ether oxygens (including phenoxy) is 3. The topological polar surface area (TPSA) is 99.2 Å². The molecule has 2 aliphatic heterocycles. The van der Waals surface area contributed by atoms with E-state index < -0.39 is 29.4 Å². The molecule has 0 radical (unpaired) electrons. The summed E-state index contributed by atoms with van der Waals surface area (Å²) in [4.78, 5) is 58.9. The molecule has 0 saturated carbocycles. The summed E-state index contributed by atoms with van der Waals surface area (Å²) in [5.74, 6) is -1.47. The van der Waals surface area contributed by atoms with E-state index in [1.165, 1.54) is 21.1 Å². The van der Waals surface area contributed by atoms with Gasteiger partial charge in [0.05, 0.1) is 25.9 Å². The van der Waals surface area contributed by atoms with E-state index in [1.807, 2.05) is 29.2 Å². The Morgan fingerprint density at radius 3 is 2.11 bits per heavy atom. The third-order valence-electron chi connectivity index (χ3n) is 9.14. The van der Waals surface area contributed by atoms with E-state index in [4.69, 9.17) is 14.2 Å². The predicted molar refractivity (Wildman–Crippen MR) is 167 cm³/mol. The van der Waals surface area contributed by atoms with E-state index in [1.54, 1.807) is 78.9 Å². The number of anilines is 1. The number of esters is 1. The van der Waals surface area contributed by atoms with Crippen molar-refractivity contribution < 1.29 is 33.4 Å². The molecule has 0 unspecified atom stereocenters. The molecule has 3 aliphatic rings. The second-order valence-corrected chi connectivity index (χ2v) is 11.3. The number of methoxy groups -OCH3 is 2. The standard InChI is InChI=1S/C37H29NO7/c1-21(39)45-28-15-9-12-22-16-19-30-37(35(41)25-13-7-8-14-26(25)36(37)42)31(27-18-17-24(43-2)20-29(27)44-3)33(38(30)32(22)28)34(40)23-10-5-4-6-11-23/h4-20,30-31,33H,1-3H3/t30-,31+,33-/m1/s1. The molecule has 4 aromatic rings. The highest BCUT2D eigenvalue weighted by Gasteiger charge is 2.72. The van der Waals surface area contributed by atoms with E-state index in [2.05, 4.69) is 0 Å². The number of benzene rings is 4. The first kappa shape index (κ1) is 28.3. The SMILES string of the molecule is COc1ccc([C@H]2[C@H](C(=O)c3ccccc3)N3c4c(cccc4OC(C)=O)C=C[C@@H]3C23C(=O)c2ccccc2C3=O)c(OC)c1. The van der Waals surface area contributed by atoms with Crippen molar-refractivity contribution in [3.8, 4) is 17.2 Å². The van der Waals surface area contributed by atoms with E-state index >= 15 is 0 Å². The van der Waals surface area contributed by atoms with Crippen LogP contribution < -0.4 is 19.1 Å². The Kier molecular flexibility index (Phi) is 6.66. The van der Waals surface area contributed by atoms with Crippen LogP contribution in [0.1, 0.15) is 55.0 Å². The minimum Gasteiger partial charge on any atom is -0.497 e. The summed E-state index contributed by atoms with van der Waals surface area (Å²) >= 11 is 0. The van der Waals surface area contributed by atoms with Crippen LogP contribution in [-0.4, -0.2) is 49.6 Å². The third kappa shape index (κ3) is 3.98. The molecule has 8 nitrogen and oxygen atoms in total. The molecule has 224 valence electrons. The van der Waals surface area contributed by atoms with Crippen molar-refractivity contribution in [1.29, 1.82) is 0 Å². The summed E-state index contributed by atoms with van der Waals surface area (Å²) < 4.78 is 17.0. The van der Waals surface area contributed by atoms with Crippen LogP contribution in [-0.2, 0) is 4.79 Å². The predicted octanol–water partition coefficient (Wildman–Crippen LogP) is 5.95. The second-order valence-electron chi connectivity index (χ2n) is 11.3. The number of ketones is 3. The molecule has 1 aliphatic carbocycles. The van der Waals surface area contributed by atoms with E-state index in [9.17, 15) is 19.2 Å². The Hall–Kier alpha value is -5.50. The van der Waals surface area contributed by atoms with Gasteiger partial charge in [0.2, 0.25) is 0 Å². The Labute approximate surface area is 259 Å². The number of carbonyl (C=O) groups excluding carboxylic acids is 4. The van der Waals surface area contributed by atoms with Gasteiger partial charge >= 0.3 is 5.97 Å². The molecule has 7 rings (SSSR count). The van der Waals surface area contributed by atoms with Crippen molar-refractivity contribution in [3.63, 3.8) is 0 Å². The third-order valence-corrected chi connectivity index (χ3v) is 9.14. The molecular formula is C37H29NO7. The van der Waals surface area contributed by atoms with Crippen LogP contribution in [0.2, 0.25) is 0 Å². The Balaban J connectivity index is 1.59. The Bertz CT molecular complexity index is 1890. The van der Waals surface area contributed by atoms with Gasteiger partial charge in [-0.05, 0) is 12.1 Å². The van der Waals surface area contributed by atoms with Gasteiger partial charge in [0, 0.05) is 46.7 Å². The number of carbonyl (C=O) groups is 4. The minimum atomic E-state index is -1.75. The van der Waals surface area contributed by atoms with Crippen molar-refractivity contribution >= 4 is 35.1 Å². The van der Waals surface area contributed by atoms with E-state index in [0.29, 0.717) is 45.0 Å². The fourth-order valence-electron chi connectivity index (χ4n) is 7.41. The van der Waals surface area contributed by atoms with Crippen LogP contribution >= 0.6 is 0 Å². The van der Waals surface area contributed by atoms with Gasteiger partial charge in [-0.15, -0.1) is 0 Å². The van der Waals surface area contributed by atoms with Gasteiger partial charge in [-0.25, -0.2) is 0 Å². The maximum atomic E-state index is 14.9. The lowest BCUT2D eigenvalue weighted by atomic mass is 9.64. The van der Waals surface area contributed by atoms with Gasteiger partial charge in [-0.3, -0.25) is 19.2 Å². The summed E-state index contributed by atoms with van der Waals surface area (Å²) in [6, 6.07) is 24.1. The fraction of sp³-hybridized carbons (Fsp3) is 0.189. The highest BCUT2D eigenvalue weighted by molar-refractivity contribution is 6.32. The second kappa shape index (κ2) is 10.6. The lowest BCUT2D eigenvalue weighted by molar-refractivity contribution is -0.131. The molecule has 2 heterocycles. The largest absolute Gasteiger partial charge is 0.497 e. The zero-order chi connectivity index (χ0) is 31.5. The molecule has 45 heavy (non-hydrogen) atoms. The van der Waals surface area contributed by atoms with Crippen molar-refractivity contribution in [3.05, 3.63) is 125 Å². The van der Waals surface area contributed by atoms with E-state index in [-0.39, 0.29) is 23.1 Å².